The van der Waals surface area contributed by atoms with E-state index in [1.54, 1.807) is 12.1 Å². The number of rotatable bonds is 5. The third-order valence-electron chi connectivity index (χ3n) is 4.76. The summed E-state index contributed by atoms with van der Waals surface area (Å²) in [5.41, 5.74) is 2.58. The lowest BCUT2D eigenvalue weighted by Crippen LogP contribution is -2.48. The summed E-state index contributed by atoms with van der Waals surface area (Å²) in [6.07, 6.45) is 2.68. The number of carboxylic acid groups (broad SMARTS) is 1. The minimum Gasteiger partial charge on any atom is -0.476 e. The predicted octanol–water partition coefficient (Wildman–Crippen LogP) is 1.30. The number of nitrogens with zero attached hydrogens (tertiary/aromatic N) is 4. The Kier molecular flexibility index (Phi) is 5.54. The van der Waals surface area contributed by atoms with E-state index in [0.717, 1.165) is 11.1 Å². The molecule has 1 saturated heterocycles. The molecule has 0 bridgehead atoms. The van der Waals surface area contributed by atoms with Crippen LogP contribution in [-0.4, -0.2) is 64.8 Å². The number of benzene rings is 1. The summed E-state index contributed by atoms with van der Waals surface area (Å²) in [5, 5.41) is 8.85. The fourth-order valence-electron chi connectivity index (χ4n) is 2.93. The Bertz CT molecular complexity index is 936. The molecule has 1 N–H and O–H groups in total. The van der Waals surface area contributed by atoms with Gasteiger partial charge in [-0.25, -0.2) is 18.2 Å². The molecule has 0 saturated carbocycles. The van der Waals surface area contributed by atoms with E-state index in [0.29, 0.717) is 43.3 Å². The summed E-state index contributed by atoms with van der Waals surface area (Å²) >= 11 is 0. The van der Waals surface area contributed by atoms with E-state index in [4.69, 9.17) is 5.11 Å². The van der Waals surface area contributed by atoms with Crippen molar-refractivity contribution in [2.75, 3.05) is 26.2 Å². The summed E-state index contributed by atoms with van der Waals surface area (Å²) in [7, 11) is -3.50. The number of hydrogen-bond acceptors (Lipinski definition) is 6. The Labute approximate surface area is 158 Å². The SMILES string of the molecule is Cc1ccc(S(=O)(=O)N2CCN(Cc3cnc(C(=O)O)cn3)CC2)cc1C. The number of piperazine rings is 1. The Morgan fingerprint density at radius 1 is 1.07 bits per heavy atom. The predicted molar refractivity (Wildman–Crippen MR) is 98.9 cm³/mol. The van der Waals surface area contributed by atoms with Crippen LogP contribution in [0.5, 0.6) is 0 Å². The summed E-state index contributed by atoms with van der Waals surface area (Å²) in [6.45, 7) is 6.31. The molecule has 1 aromatic heterocycles. The normalized spacial score (nSPS) is 16.4. The van der Waals surface area contributed by atoms with E-state index in [2.05, 4.69) is 14.9 Å². The molecule has 0 aliphatic carbocycles. The van der Waals surface area contributed by atoms with Gasteiger partial charge in [0.05, 0.1) is 23.0 Å². The van der Waals surface area contributed by atoms with Crippen LogP contribution in [0.4, 0.5) is 0 Å². The van der Waals surface area contributed by atoms with Crippen LogP contribution in [0, 0.1) is 13.8 Å². The van der Waals surface area contributed by atoms with Gasteiger partial charge in [-0.15, -0.1) is 0 Å². The standard InChI is InChI=1S/C18H22N4O4S/c1-13-3-4-16(9-14(13)2)27(25,26)22-7-5-21(6-8-22)12-15-10-20-17(11-19-15)18(23)24/h3-4,9-11H,5-8,12H2,1-2H3,(H,23,24). The molecular formula is C18H22N4O4S. The highest BCUT2D eigenvalue weighted by molar-refractivity contribution is 7.89. The van der Waals surface area contributed by atoms with Crippen LogP contribution in [0.1, 0.15) is 27.3 Å². The first-order valence-corrected chi connectivity index (χ1v) is 10.1. The molecule has 0 radical (unpaired) electrons. The van der Waals surface area contributed by atoms with Crippen LogP contribution in [-0.2, 0) is 16.6 Å². The lowest BCUT2D eigenvalue weighted by atomic mass is 10.1. The maximum Gasteiger partial charge on any atom is 0.356 e. The maximum absolute atomic E-state index is 12.8. The topological polar surface area (TPSA) is 104 Å². The van der Waals surface area contributed by atoms with Gasteiger partial charge in [0.2, 0.25) is 10.0 Å². The van der Waals surface area contributed by atoms with Crippen molar-refractivity contribution >= 4 is 16.0 Å². The van der Waals surface area contributed by atoms with Gasteiger partial charge in [0.15, 0.2) is 5.69 Å². The first-order chi connectivity index (χ1) is 12.8. The zero-order valence-corrected chi connectivity index (χ0v) is 16.1. The molecular weight excluding hydrogens is 368 g/mol. The number of sulfonamides is 1. The van der Waals surface area contributed by atoms with Gasteiger partial charge < -0.3 is 5.11 Å². The largest absolute Gasteiger partial charge is 0.476 e. The van der Waals surface area contributed by atoms with Crippen molar-refractivity contribution in [1.82, 2.24) is 19.2 Å². The average Bonchev–Trinajstić information content (AvgIpc) is 2.65. The van der Waals surface area contributed by atoms with Gasteiger partial charge in [-0.05, 0) is 37.1 Å². The fourth-order valence-corrected chi connectivity index (χ4v) is 4.44. The van der Waals surface area contributed by atoms with Gasteiger partial charge in [-0.2, -0.15) is 4.31 Å². The van der Waals surface area contributed by atoms with Crippen LogP contribution in [0.15, 0.2) is 35.5 Å². The van der Waals surface area contributed by atoms with Gasteiger partial charge in [-0.1, -0.05) is 6.07 Å². The average molecular weight is 390 g/mol. The lowest BCUT2D eigenvalue weighted by molar-refractivity contribution is 0.0690. The van der Waals surface area contributed by atoms with Gasteiger partial charge in [-0.3, -0.25) is 9.88 Å². The lowest BCUT2D eigenvalue weighted by Gasteiger charge is -2.33. The number of hydrogen-bond donors (Lipinski definition) is 1. The van der Waals surface area contributed by atoms with Crippen molar-refractivity contribution in [2.24, 2.45) is 0 Å². The number of aromatic carboxylic acids is 1. The van der Waals surface area contributed by atoms with Crippen molar-refractivity contribution in [2.45, 2.75) is 25.3 Å². The molecule has 1 aliphatic rings. The second-order valence-corrected chi connectivity index (χ2v) is 8.56. The molecule has 0 amide bonds. The summed E-state index contributed by atoms with van der Waals surface area (Å²) in [6, 6.07) is 5.21. The smallest absolute Gasteiger partial charge is 0.356 e. The molecule has 144 valence electrons. The molecule has 9 heteroatoms. The van der Waals surface area contributed by atoms with Crippen LogP contribution in [0.25, 0.3) is 0 Å². The second-order valence-electron chi connectivity index (χ2n) is 6.62. The molecule has 2 aromatic rings. The monoisotopic (exact) mass is 390 g/mol. The van der Waals surface area contributed by atoms with E-state index in [9.17, 15) is 13.2 Å². The van der Waals surface area contributed by atoms with E-state index >= 15 is 0 Å². The van der Waals surface area contributed by atoms with Crippen LogP contribution < -0.4 is 0 Å². The Morgan fingerprint density at radius 2 is 1.78 bits per heavy atom. The summed E-state index contributed by atoms with van der Waals surface area (Å²) in [4.78, 5) is 21.2. The van der Waals surface area contributed by atoms with Gasteiger partial charge in [0.1, 0.15) is 0 Å². The highest BCUT2D eigenvalue weighted by atomic mass is 32.2. The van der Waals surface area contributed by atoms with Crippen molar-refractivity contribution in [3.8, 4) is 0 Å². The van der Waals surface area contributed by atoms with E-state index in [-0.39, 0.29) is 5.69 Å². The first kappa shape index (κ1) is 19.4. The molecule has 1 aromatic carbocycles. The van der Waals surface area contributed by atoms with Crippen molar-refractivity contribution in [3.63, 3.8) is 0 Å². The maximum atomic E-state index is 12.8. The molecule has 1 fully saturated rings. The zero-order chi connectivity index (χ0) is 19.6. The summed E-state index contributed by atoms with van der Waals surface area (Å²) in [5.74, 6) is -1.11. The minimum absolute atomic E-state index is 0.0944. The molecule has 0 unspecified atom stereocenters. The molecule has 2 heterocycles. The van der Waals surface area contributed by atoms with Gasteiger partial charge in [0, 0.05) is 32.7 Å². The third-order valence-corrected chi connectivity index (χ3v) is 6.65. The molecule has 1 aliphatic heterocycles. The molecule has 0 spiro atoms. The number of carbonyl (C=O) groups is 1. The highest BCUT2D eigenvalue weighted by Gasteiger charge is 2.28. The minimum atomic E-state index is -3.50. The van der Waals surface area contributed by atoms with Gasteiger partial charge in [0.25, 0.3) is 0 Å². The van der Waals surface area contributed by atoms with E-state index < -0.39 is 16.0 Å². The first-order valence-electron chi connectivity index (χ1n) is 8.61. The number of aromatic nitrogens is 2. The molecule has 27 heavy (non-hydrogen) atoms. The zero-order valence-electron chi connectivity index (χ0n) is 15.3. The van der Waals surface area contributed by atoms with Crippen LogP contribution in [0.3, 0.4) is 0 Å². The molecule has 0 atom stereocenters. The van der Waals surface area contributed by atoms with Crippen LogP contribution >= 0.6 is 0 Å². The highest BCUT2D eigenvalue weighted by Crippen LogP contribution is 2.20. The number of carboxylic acids is 1. The molecule has 3 rings (SSSR count). The third kappa shape index (κ3) is 4.32. The Morgan fingerprint density at radius 3 is 2.33 bits per heavy atom. The van der Waals surface area contributed by atoms with Crippen molar-refractivity contribution < 1.29 is 18.3 Å². The second kappa shape index (κ2) is 7.71. The summed E-state index contributed by atoms with van der Waals surface area (Å²) < 4.78 is 27.2. The quantitative estimate of drug-likeness (QED) is 0.820. The fraction of sp³-hybridized carbons (Fsp3) is 0.389. The Hall–Kier alpha value is -2.36. The van der Waals surface area contributed by atoms with E-state index in [1.165, 1.54) is 16.7 Å². The van der Waals surface area contributed by atoms with E-state index in [1.807, 2.05) is 19.9 Å². The van der Waals surface area contributed by atoms with Crippen molar-refractivity contribution in [3.05, 3.63) is 53.1 Å². The van der Waals surface area contributed by atoms with Crippen molar-refractivity contribution in [1.29, 1.82) is 0 Å². The Balaban J connectivity index is 1.62. The van der Waals surface area contributed by atoms with Crippen LogP contribution in [0.2, 0.25) is 0 Å². The molecule has 8 nitrogen and oxygen atoms in total. The number of aryl methyl sites for hydroxylation is 2. The van der Waals surface area contributed by atoms with Gasteiger partial charge >= 0.3 is 5.97 Å².